The molecule has 3 rings (SSSR count). The van der Waals surface area contributed by atoms with E-state index in [1.165, 1.54) is 30.4 Å². The van der Waals surface area contributed by atoms with Crippen LogP contribution in [0.25, 0.3) is 0 Å². The highest BCUT2D eigenvalue weighted by Crippen LogP contribution is 2.48. The van der Waals surface area contributed by atoms with Gasteiger partial charge < -0.3 is 10.2 Å². The Morgan fingerprint density at radius 1 is 0.562 bits per heavy atom. The molecule has 0 spiro atoms. The molecule has 0 saturated heterocycles. The van der Waals surface area contributed by atoms with Gasteiger partial charge in [-0.2, -0.15) is 0 Å². The second kappa shape index (κ2) is 11.3. The predicted octanol–water partition coefficient (Wildman–Crippen LogP) is 8.16. The normalized spacial score (nSPS) is 15.8. The number of aryl methyl sites for hydroxylation is 4. The molecule has 0 heterocycles. The molecule has 0 bridgehead atoms. The topological polar surface area (TPSA) is 40.5 Å². The third-order valence-corrected chi connectivity index (χ3v) is 7.43. The molecule has 32 heavy (non-hydrogen) atoms. The summed E-state index contributed by atoms with van der Waals surface area (Å²) in [6.45, 7) is 8.76. The summed E-state index contributed by atoms with van der Waals surface area (Å²) in [5, 5.41) is 21.9. The Balaban J connectivity index is 2.24. The van der Waals surface area contributed by atoms with Gasteiger partial charge in [-0.1, -0.05) is 96.9 Å². The van der Waals surface area contributed by atoms with Gasteiger partial charge in [0.2, 0.25) is 0 Å². The molecule has 0 radical (unpaired) electrons. The van der Waals surface area contributed by atoms with Gasteiger partial charge in [-0.15, -0.1) is 0 Å². The van der Waals surface area contributed by atoms with Crippen LogP contribution in [-0.4, -0.2) is 10.2 Å². The molecule has 1 fully saturated rings. The number of phenols is 2. The summed E-state index contributed by atoms with van der Waals surface area (Å²) in [5.41, 5.74) is 7.20. The van der Waals surface area contributed by atoms with E-state index in [9.17, 15) is 10.2 Å². The van der Waals surface area contributed by atoms with Crippen molar-refractivity contribution in [3.63, 3.8) is 0 Å². The van der Waals surface area contributed by atoms with E-state index >= 15 is 0 Å². The summed E-state index contributed by atoms with van der Waals surface area (Å²) in [4.78, 5) is 0. The molecule has 2 aromatic carbocycles. The van der Waals surface area contributed by atoms with Crippen LogP contribution in [0.2, 0.25) is 0 Å². The van der Waals surface area contributed by atoms with Crippen molar-refractivity contribution in [2.24, 2.45) is 0 Å². The van der Waals surface area contributed by atoms with Crippen LogP contribution in [0, 0.1) is 0 Å². The summed E-state index contributed by atoms with van der Waals surface area (Å²) < 4.78 is 0. The lowest BCUT2D eigenvalue weighted by Crippen LogP contribution is -2.31. The summed E-state index contributed by atoms with van der Waals surface area (Å²) in [6, 6.07) is 9.26. The van der Waals surface area contributed by atoms with Crippen LogP contribution in [-0.2, 0) is 31.1 Å². The monoisotopic (exact) mass is 436 g/mol. The van der Waals surface area contributed by atoms with Gasteiger partial charge in [0.25, 0.3) is 0 Å². The maximum Gasteiger partial charge on any atom is 0.121 e. The predicted molar refractivity (Wildman–Crippen MR) is 136 cm³/mol. The Kier molecular flexibility index (Phi) is 8.68. The van der Waals surface area contributed by atoms with Crippen molar-refractivity contribution >= 4 is 0 Å². The fraction of sp³-hybridized carbons (Fsp3) is 0.600. The van der Waals surface area contributed by atoms with Crippen molar-refractivity contribution in [1.82, 2.24) is 0 Å². The van der Waals surface area contributed by atoms with Crippen molar-refractivity contribution in [2.45, 2.75) is 117 Å². The molecule has 2 heteroatoms. The van der Waals surface area contributed by atoms with Crippen molar-refractivity contribution in [1.29, 1.82) is 0 Å². The van der Waals surface area contributed by atoms with Gasteiger partial charge in [0, 0.05) is 5.41 Å². The van der Waals surface area contributed by atoms with E-state index in [1.54, 1.807) is 0 Å². The average Bonchev–Trinajstić information content (AvgIpc) is 2.80. The van der Waals surface area contributed by atoms with Gasteiger partial charge in [0.1, 0.15) is 11.5 Å². The van der Waals surface area contributed by atoms with Crippen LogP contribution >= 0.6 is 0 Å². The second-order valence-corrected chi connectivity index (χ2v) is 9.93. The molecule has 176 valence electrons. The third kappa shape index (κ3) is 5.00. The highest BCUT2D eigenvalue weighted by atomic mass is 16.3. The molecule has 1 aliphatic carbocycles. The molecule has 1 aliphatic rings. The van der Waals surface area contributed by atoms with Crippen LogP contribution in [0.4, 0.5) is 0 Å². The Morgan fingerprint density at radius 2 is 0.875 bits per heavy atom. The smallest absolute Gasteiger partial charge is 0.121 e. The van der Waals surface area contributed by atoms with Gasteiger partial charge in [0.15, 0.2) is 0 Å². The van der Waals surface area contributed by atoms with E-state index in [1.807, 2.05) is 0 Å². The van der Waals surface area contributed by atoms with Gasteiger partial charge in [0.05, 0.1) is 0 Å². The summed E-state index contributed by atoms with van der Waals surface area (Å²) >= 11 is 0. The lowest BCUT2D eigenvalue weighted by Gasteiger charge is -2.40. The molecule has 0 aromatic heterocycles. The molecule has 2 N–H and O–H groups in total. The van der Waals surface area contributed by atoms with Crippen LogP contribution in [0.5, 0.6) is 11.5 Å². The molecule has 0 unspecified atom stereocenters. The Bertz CT molecular complexity index is 768. The summed E-state index contributed by atoms with van der Waals surface area (Å²) in [5.74, 6) is 1.04. The minimum atomic E-state index is -0.0182. The van der Waals surface area contributed by atoms with E-state index in [-0.39, 0.29) is 5.41 Å². The van der Waals surface area contributed by atoms with Crippen molar-refractivity contribution in [3.8, 4) is 11.5 Å². The zero-order chi connectivity index (χ0) is 23.1. The lowest BCUT2D eigenvalue weighted by atomic mass is 9.64. The van der Waals surface area contributed by atoms with E-state index < -0.39 is 0 Å². The Hall–Kier alpha value is -1.96. The minimum Gasteiger partial charge on any atom is -0.507 e. The fourth-order valence-electron chi connectivity index (χ4n) is 5.81. The number of rotatable bonds is 10. The number of hydrogen-bond acceptors (Lipinski definition) is 2. The standard InChI is InChI=1S/C30H44O2/c1-5-12-22-18-26(19-23(13-6-2)28(22)31)30(16-10-9-11-17-30)27-20-24(14-7-3)29(32)25(21-27)15-8-4/h18-21,31-32H,5-17H2,1-4H3. The zero-order valence-electron chi connectivity index (χ0n) is 20.9. The van der Waals surface area contributed by atoms with Crippen LogP contribution in [0.3, 0.4) is 0 Å². The third-order valence-electron chi connectivity index (χ3n) is 7.43. The maximum atomic E-state index is 11.0. The lowest BCUT2D eigenvalue weighted by molar-refractivity contribution is 0.343. The summed E-state index contributed by atoms with van der Waals surface area (Å²) in [7, 11) is 0. The first-order valence-electron chi connectivity index (χ1n) is 13.2. The number of phenolic OH excluding ortho intramolecular Hbond substituents is 2. The molecule has 1 saturated carbocycles. The van der Waals surface area contributed by atoms with Gasteiger partial charge in [-0.25, -0.2) is 0 Å². The molecule has 0 amide bonds. The van der Waals surface area contributed by atoms with Gasteiger partial charge in [-0.05, 0) is 71.9 Å². The SMILES string of the molecule is CCCc1cc(C2(c3cc(CCC)c(O)c(CCC)c3)CCCCC2)cc(CCC)c1O. The molecule has 0 aliphatic heterocycles. The first-order chi connectivity index (χ1) is 15.5. The Morgan fingerprint density at radius 3 is 1.16 bits per heavy atom. The molecule has 0 atom stereocenters. The fourth-order valence-corrected chi connectivity index (χ4v) is 5.81. The molecule has 2 aromatic rings. The van der Waals surface area contributed by atoms with E-state index in [0.717, 1.165) is 86.5 Å². The zero-order valence-corrected chi connectivity index (χ0v) is 20.9. The molecular weight excluding hydrogens is 392 g/mol. The van der Waals surface area contributed by atoms with E-state index in [2.05, 4.69) is 52.0 Å². The van der Waals surface area contributed by atoms with Crippen LogP contribution < -0.4 is 0 Å². The van der Waals surface area contributed by atoms with Crippen molar-refractivity contribution < 1.29 is 10.2 Å². The van der Waals surface area contributed by atoms with Crippen molar-refractivity contribution in [3.05, 3.63) is 57.6 Å². The van der Waals surface area contributed by atoms with Gasteiger partial charge >= 0.3 is 0 Å². The van der Waals surface area contributed by atoms with Gasteiger partial charge in [-0.3, -0.25) is 0 Å². The first-order valence-corrected chi connectivity index (χ1v) is 13.2. The minimum absolute atomic E-state index is 0.0182. The number of aromatic hydroxyl groups is 2. The van der Waals surface area contributed by atoms with Crippen LogP contribution in [0.15, 0.2) is 24.3 Å². The molecule has 2 nitrogen and oxygen atoms in total. The second-order valence-electron chi connectivity index (χ2n) is 9.93. The molecular formula is C30H44O2. The quantitative estimate of drug-likeness (QED) is 0.394. The maximum absolute atomic E-state index is 11.0. The number of benzene rings is 2. The Labute approximate surface area is 196 Å². The summed E-state index contributed by atoms with van der Waals surface area (Å²) in [6.07, 6.45) is 13.9. The highest BCUT2D eigenvalue weighted by molar-refractivity contribution is 5.53. The van der Waals surface area contributed by atoms with E-state index in [0.29, 0.717) is 11.5 Å². The first kappa shape index (κ1) is 24.7. The van der Waals surface area contributed by atoms with Crippen molar-refractivity contribution in [2.75, 3.05) is 0 Å². The largest absolute Gasteiger partial charge is 0.507 e. The van der Waals surface area contributed by atoms with Crippen LogP contribution in [0.1, 0.15) is 119 Å². The highest BCUT2D eigenvalue weighted by Gasteiger charge is 2.37. The number of hydrogen-bond donors (Lipinski definition) is 2. The average molecular weight is 437 g/mol. The van der Waals surface area contributed by atoms with E-state index in [4.69, 9.17) is 0 Å².